The van der Waals surface area contributed by atoms with Gasteiger partial charge in [-0.1, -0.05) is 18.2 Å². The minimum absolute atomic E-state index is 0.139. The fourth-order valence-electron chi connectivity index (χ4n) is 3.18. The molecule has 0 radical (unpaired) electrons. The molecule has 2 aromatic carbocycles. The molecule has 2 heterocycles. The van der Waals surface area contributed by atoms with Crippen molar-refractivity contribution in [3.8, 4) is 0 Å². The molecule has 0 amide bonds. The summed E-state index contributed by atoms with van der Waals surface area (Å²) < 4.78 is 28.5. The van der Waals surface area contributed by atoms with E-state index >= 15 is 0 Å². The number of sulfonamides is 1. The van der Waals surface area contributed by atoms with Crippen LogP contribution >= 0.6 is 0 Å². The third kappa shape index (κ3) is 4.72. The first-order valence-corrected chi connectivity index (χ1v) is 11.3. The van der Waals surface area contributed by atoms with E-state index in [0.717, 1.165) is 23.4 Å². The third-order valence-electron chi connectivity index (χ3n) is 4.49. The summed E-state index contributed by atoms with van der Waals surface area (Å²) >= 11 is 0. The van der Waals surface area contributed by atoms with Gasteiger partial charge in [-0.3, -0.25) is 9.71 Å². The smallest absolute Gasteiger partial charge is 0.264 e. The molecule has 0 atom stereocenters. The minimum Gasteiger partial charge on any atom is -0.370 e. The van der Waals surface area contributed by atoms with Gasteiger partial charge >= 0.3 is 0 Å². The van der Waals surface area contributed by atoms with Crippen LogP contribution in [-0.4, -0.2) is 29.9 Å². The number of nitrogens with zero attached hydrogens (tertiary/aromatic N) is 3. The van der Waals surface area contributed by atoms with Crippen molar-refractivity contribution in [3.05, 3.63) is 72.7 Å². The highest BCUT2D eigenvalue weighted by atomic mass is 32.2. The summed E-state index contributed by atoms with van der Waals surface area (Å²) in [4.78, 5) is 13.1. The molecule has 0 saturated carbocycles. The molecule has 8 nitrogen and oxygen atoms in total. The van der Waals surface area contributed by atoms with Gasteiger partial charge in [0.15, 0.2) is 0 Å². The normalized spacial score (nSPS) is 11.3. The fraction of sp³-hybridized carbons (Fsp3) is 0.136. The maximum Gasteiger partial charge on any atom is 0.264 e. The predicted molar refractivity (Wildman–Crippen MR) is 123 cm³/mol. The van der Waals surface area contributed by atoms with Gasteiger partial charge in [-0.2, -0.15) is 0 Å². The number of fused-ring (bicyclic) bond motifs is 1. The molecule has 4 aromatic rings. The maximum absolute atomic E-state index is 12.9. The number of nitrogens with one attached hydrogen (secondary N) is 3. The number of hydrogen-bond donors (Lipinski definition) is 3. The summed E-state index contributed by atoms with van der Waals surface area (Å²) in [5.74, 6) is 2.04. The van der Waals surface area contributed by atoms with Crippen molar-refractivity contribution in [3.63, 3.8) is 0 Å². The zero-order chi connectivity index (χ0) is 21.8. The van der Waals surface area contributed by atoms with Crippen LogP contribution in [0.15, 0.2) is 71.8 Å². The Labute approximate surface area is 180 Å². The van der Waals surface area contributed by atoms with Crippen LogP contribution in [-0.2, 0) is 10.0 Å². The van der Waals surface area contributed by atoms with E-state index in [9.17, 15) is 8.42 Å². The molecule has 0 aliphatic rings. The van der Waals surface area contributed by atoms with Gasteiger partial charge < -0.3 is 10.6 Å². The summed E-state index contributed by atoms with van der Waals surface area (Å²) in [6, 6.07) is 17.5. The second-order valence-electron chi connectivity index (χ2n) is 6.86. The zero-order valence-electron chi connectivity index (χ0n) is 17.1. The monoisotopic (exact) mass is 434 g/mol. The van der Waals surface area contributed by atoms with Crippen molar-refractivity contribution in [1.29, 1.82) is 0 Å². The van der Waals surface area contributed by atoms with Gasteiger partial charge in [-0.25, -0.2) is 18.4 Å². The molecule has 0 spiro atoms. The Balaban J connectivity index is 1.53. The van der Waals surface area contributed by atoms with E-state index in [1.807, 2.05) is 32.0 Å². The second-order valence-corrected chi connectivity index (χ2v) is 8.51. The first kappa shape index (κ1) is 20.5. The Hall–Kier alpha value is -3.72. The largest absolute Gasteiger partial charge is 0.370 e. The quantitative estimate of drug-likeness (QED) is 0.398. The SMILES string of the molecule is CCNc1cc(Nc2ccc(NS(=O)(=O)c3cccc4cccnc34)cc2)nc(C)n1. The highest BCUT2D eigenvalue weighted by Gasteiger charge is 2.18. The molecule has 0 fully saturated rings. The number of hydrogen-bond acceptors (Lipinski definition) is 7. The maximum atomic E-state index is 12.9. The van der Waals surface area contributed by atoms with Crippen LogP contribution in [0.2, 0.25) is 0 Å². The minimum atomic E-state index is -3.79. The molecule has 0 aliphatic carbocycles. The van der Waals surface area contributed by atoms with E-state index < -0.39 is 10.0 Å². The van der Waals surface area contributed by atoms with Gasteiger partial charge in [0.25, 0.3) is 10.0 Å². The second kappa shape index (κ2) is 8.57. The van der Waals surface area contributed by atoms with Gasteiger partial charge in [0.1, 0.15) is 22.4 Å². The number of anilines is 4. The molecule has 0 aliphatic heterocycles. The first-order chi connectivity index (χ1) is 14.9. The molecule has 2 aromatic heterocycles. The Bertz CT molecular complexity index is 1320. The Morgan fingerprint density at radius 3 is 2.39 bits per heavy atom. The lowest BCUT2D eigenvalue weighted by Gasteiger charge is -2.12. The van der Waals surface area contributed by atoms with E-state index in [1.54, 1.807) is 48.7 Å². The molecule has 158 valence electrons. The number of rotatable bonds is 7. The molecular weight excluding hydrogens is 412 g/mol. The Morgan fingerprint density at radius 1 is 0.903 bits per heavy atom. The van der Waals surface area contributed by atoms with Crippen molar-refractivity contribution >= 4 is 43.9 Å². The number of aryl methyl sites for hydroxylation is 1. The Kier molecular flexibility index (Phi) is 5.68. The standard InChI is InChI=1S/C22H22N6O2S/c1-3-23-20-14-21(26-15(2)25-20)27-17-9-11-18(12-10-17)28-31(29,30)19-8-4-6-16-7-5-13-24-22(16)19/h4-14,28H,3H2,1-2H3,(H2,23,25,26,27). The van der Waals surface area contributed by atoms with E-state index in [4.69, 9.17) is 0 Å². The van der Waals surface area contributed by atoms with E-state index in [0.29, 0.717) is 22.8 Å². The fourth-order valence-corrected chi connectivity index (χ4v) is 4.42. The number of para-hydroxylation sites is 1. The third-order valence-corrected chi connectivity index (χ3v) is 5.90. The number of benzene rings is 2. The van der Waals surface area contributed by atoms with Crippen molar-refractivity contribution < 1.29 is 8.42 Å². The van der Waals surface area contributed by atoms with Crippen LogP contribution in [0.3, 0.4) is 0 Å². The summed E-state index contributed by atoms with van der Waals surface area (Å²) in [7, 11) is -3.79. The molecule has 0 saturated heterocycles. The van der Waals surface area contributed by atoms with E-state index in [2.05, 4.69) is 30.3 Å². The zero-order valence-corrected chi connectivity index (χ0v) is 17.9. The molecule has 0 bridgehead atoms. The van der Waals surface area contributed by atoms with Crippen molar-refractivity contribution in [1.82, 2.24) is 15.0 Å². The van der Waals surface area contributed by atoms with Gasteiger partial charge in [0, 0.05) is 35.6 Å². The molecular formula is C22H22N6O2S. The van der Waals surface area contributed by atoms with Crippen LogP contribution in [0.1, 0.15) is 12.7 Å². The lowest BCUT2D eigenvalue weighted by molar-refractivity contribution is 0.602. The van der Waals surface area contributed by atoms with Crippen molar-refractivity contribution in [2.45, 2.75) is 18.7 Å². The van der Waals surface area contributed by atoms with Crippen molar-refractivity contribution in [2.24, 2.45) is 0 Å². The van der Waals surface area contributed by atoms with Crippen LogP contribution < -0.4 is 15.4 Å². The number of aromatic nitrogens is 3. The van der Waals surface area contributed by atoms with Gasteiger partial charge in [-0.15, -0.1) is 0 Å². The van der Waals surface area contributed by atoms with Crippen LogP contribution in [0.4, 0.5) is 23.0 Å². The van der Waals surface area contributed by atoms with Gasteiger partial charge in [0.05, 0.1) is 5.52 Å². The summed E-state index contributed by atoms with van der Waals surface area (Å²) in [6.45, 7) is 4.58. The van der Waals surface area contributed by atoms with Crippen molar-refractivity contribution in [2.75, 3.05) is 21.9 Å². The molecule has 9 heteroatoms. The lowest BCUT2D eigenvalue weighted by atomic mass is 10.2. The van der Waals surface area contributed by atoms with Gasteiger partial charge in [0.2, 0.25) is 0 Å². The highest BCUT2D eigenvalue weighted by molar-refractivity contribution is 7.93. The lowest BCUT2D eigenvalue weighted by Crippen LogP contribution is -2.13. The average molecular weight is 435 g/mol. The van der Waals surface area contributed by atoms with Crippen LogP contribution in [0.25, 0.3) is 10.9 Å². The molecule has 0 unspecified atom stereocenters. The topological polar surface area (TPSA) is 109 Å². The molecule has 31 heavy (non-hydrogen) atoms. The first-order valence-electron chi connectivity index (χ1n) is 9.78. The summed E-state index contributed by atoms with van der Waals surface area (Å²) in [6.07, 6.45) is 1.58. The average Bonchev–Trinajstić information content (AvgIpc) is 2.74. The van der Waals surface area contributed by atoms with Crippen LogP contribution in [0, 0.1) is 6.92 Å². The summed E-state index contributed by atoms with van der Waals surface area (Å²) in [5.41, 5.74) is 1.66. The van der Waals surface area contributed by atoms with Gasteiger partial charge in [-0.05, 0) is 50.2 Å². The Morgan fingerprint density at radius 2 is 1.61 bits per heavy atom. The predicted octanol–water partition coefficient (Wildman–Crippen LogP) is 4.31. The number of pyridine rings is 1. The molecule has 4 rings (SSSR count). The summed E-state index contributed by atoms with van der Waals surface area (Å²) in [5, 5.41) is 7.14. The van der Waals surface area contributed by atoms with E-state index in [1.165, 1.54) is 0 Å². The van der Waals surface area contributed by atoms with Crippen LogP contribution in [0.5, 0.6) is 0 Å². The highest BCUT2D eigenvalue weighted by Crippen LogP contribution is 2.25. The molecule has 3 N–H and O–H groups in total. The van der Waals surface area contributed by atoms with E-state index in [-0.39, 0.29) is 4.90 Å².